The third-order valence-corrected chi connectivity index (χ3v) is 3.07. The molecule has 0 aromatic rings. The number of hydrogen-bond donors (Lipinski definition) is 3. The van der Waals surface area contributed by atoms with Gasteiger partial charge in [0.25, 0.3) is 5.91 Å². The van der Waals surface area contributed by atoms with Crippen LogP contribution in [0.2, 0.25) is 0 Å². The van der Waals surface area contributed by atoms with Crippen LogP contribution in [0.3, 0.4) is 0 Å². The molecule has 0 rings (SSSR count). The summed E-state index contributed by atoms with van der Waals surface area (Å²) in [5.74, 6) is -1.79. The maximum Gasteiger partial charge on any atom is 0.331 e. The highest BCUT2D eigenvalue weighted by molar-refractivity contribution is 6.07. The number of carboxylic acid groups (broad SMARTS) is 1. The number of carbonyl (C=O) groups is 3. The third-order valence-electron chi connectivity index (χ3n) is 3.07. The molecule has 1 atom stereocenters. The summed E-state index contributed by atoms with van der Waals surface area (Å²) in [6.45, 7) is 9.23. The second-order valence-corrected chi connectivity index (χ2v) is 4.99. The molecule has 0 aliphatic rings. The van der Waals surface area contributed by atoms with Gasteiger partial charge in [-0.1, -0.05) is 13.8 Å². The van der Waals surface area contributed by atoms with Gasteiger partial charge in [0, 0.05) is 17.8 Å². The van der Waals surface area contributed by atoms with Crippen molar-refractivity contribution in [2.24, 2.45) is 5.92 Å². The fourth-order valence-electron chi connectivity index (χ4n) is 1.38. The van der Waals surface area contributed by atoms with E-state index in [1.807, 2.05) is 20.8 Å². The lowest BCUT2D eigenvalue weighted by molar-refractivity contribution is -0.133. The largest absolute Gasteiger partial charge is 0.478 e. The number of amides is 3. The van der Waals surface area contributed by atoms with Gasteiger partial charge >= 0.3 is 12.0 Å². The molecule has 0 aromatic carbocycles. The number of ether oxygens (including phenoxy) is 1. The molecule has 120 valence electrons. The predicted octanol–water partition coefficient (Wildman–Crippen LogP) is 1.29. The molecule has 3 amide bonds. The fourth-order valence-corrected chi connectivity index (χ4v) is 1.38. The standard InChI is InChI=1S/C14H24N2O5/c1-6-21-7-11(8(2)3)15-14(20)16-12(17)9(4)10(5)13(18)19/h8,11H,6-7H2,1-5H3,(H,18,19)(H2,15,16,17,20). The van der Waals surface area contributed by atoms with E-state index in [9.17, 15) is 14.4 Å². The van der Waals surface area contributed by atoms with E-state index in [-0.39, 0.29) is 23.1 Å². The first kappa shape index (κ1) is 19.1. The van der Waals surface area contributed by atoms with Crippen LogP contribution in [-0.4, -0.2) is 42.3 Å². The number of nitrogens with one attached hydrogen (secondary N) is 2. The van der Waals surface area contributed by atoms with Crippen molar-refractivity contribution in [2.45, 2.75) is 40.7 Å². The Hall–Kier alpha value is -1.89. The highest BCUT2D eigenvalue weighted by atomic mass is 16.5. The van der Waals surface area contributed by atoms with Crippen molar-refractivity contribution in [3.05, 3.63) is 11.1 Å². The molecular weight excluding hydrogens is 276 g/mol. The second-order valence-electron chi connectivity index (χ2n) is 4.99. The van der Waals surface area contributed by atoms with Gasteiger partial charge in [-0.3, -0.25) is 10.1 Å². The van der Waals surface area contributed by atoms with Crippen LogP contribution in [0.4, 0.5) is 4.79 Å². The highest BCUT2D eigenvalue weighted by Crippen LogP contribution is 2.04. The number of carbonyl (C=O) groups excluding carboxylic acids is 2. The molecule has 0 radical (unpaired) electrons. The SMILES string of the molecule is CCOCC(NC(=O)NC(=O)C(C)=C(C)C(=O)O)C(C)C. The molecule has 1 unspecified atom stereocenters. The zero-order valence-electron chi connectivity index (χ0n) is 13.1. The molecule has 0 saturated carbocycles. The summed E-state index contributed by atoms with van der Waals surface area (Å²) in [7, 11) is 0. The monoisotopic (exact) mass is 300 g/mol. The molecule has 0 aliphatic carbocycles. The van der Waals surface area contributed by atoms with Crippen molar-refractivity contribution in [1.29, 1.82) is 0 Å². The van der Waals surface area contributed by atoms with Crippen molar-refractivity contribution >= 4 is 17.9 Å². The topological polar surface area (TPSA) is 105 Å². The van der Waals surface area contributed by atoms with Crippen LogP contribution in [0.15, 0.2) is 11.1 Å². The Kier molecular flexibility index (Phi) is 8.30. The summed E-state index contributed by atoms with van der Waals surface area (Å²) in [5, 5.41) is 13.5. The van der Waals surface area contributed by atoms with E-state index >= 15 is 0 Å². The van der Waals surface area contributed by atoms with Crippen LogP contribution >= 0.6 is 0 Å². The number of hydrogen-bond acceptors (Lipinski definition) is 4. The Morgan fingerprint density at radius 2 is 1.71 bits per heavy atom. The van der Waals surface area contributed by atoms with Gasteiger partial charge < -0.3 is 15.2 Å². The lowest BCUT2D eigenvalue weighted by Crippen LogP contribution is -2.48. The second kappa shape index (κ2) is 9.12. The predicted molar refractivity (Wildman–Crippen MR) is 77.8 cm³/mol. The summed E-state index contributed by atoms with van der Waals surface area (Å²) in [4.78, 5) is 34.3. The third kappa shape index (κ3) is 6.89. The van der Waals surface area contributed by atoms with Gasteiger partial charge in [-0.05, 0) is 26.7 Å². The molecule has 0 spiro atoms. The Morgan fingerprint density at radius 3 is 2.14 bits per heavy atom. The number of urea groups is 1. The first-order valence-electron chi connectivity index (χ1n) is 6.81. The van der Waals surface area contributed by atoms with Gasteiger partial charge in [-0.2, -0.15) is 0 Å². The van der Waals surface area contributed by atoms with E-state index in [2.05, 4.69) is 10.6 Å². The Bertz CT molecular complexity index is 429. The summed E-state index contributed by atoms with van der Waals surface area (Å²) in [6, 6.07) is -0.904. The molecule has 0 aliphatic heterocycles. The number of aliphatic carboxylic acids is 1. The van der Waals surface area contributed by atoms with E-state index in [0.29, 0.717) is 13.2 Å². The fraction of sp³-hybridized carbons (Fsp3) is 0.643. The lowest BCUT2D eigenvalue weighted by atomic mass is 10.1. The zero-order chi connectivity index (χ0) is 16.6. The molecule has 0 aromatic heterocycles. The molecule has 3 N–H and O–H groups in total. The van der Waals surface area contributed by atoms with Crippen LogP contribution in [0.5, 0.6) is 0 Å². The Labute approximate surface area is 124 Å². The van der Waals surface area contributed by atoms with E-state index < -0.39 is 17.9 Å². The quantitative estimate of drug-likeness (QED) is 0.615. The summed E-state index contributed by atoms with van der Waals surface area (Å²) < 4.78 is 5.27. The first-order valence-corrected chi connectivity index (χ1v) is 6.81. The lowest BCUT2D eigenvalue weighted by Gasteiger charge is -2.22. The van der Waals surface area contributed by atoms with Gasteiger partial charge in [0.2, 0.25) is 0 Å². The zero-order valence-corrected chi connectivity index (χ0v) is 13.1. The number of imide groups is 1. The van der Waals surface area contributed by atoms with Gasteiger partial charge in [-0.15, -0.1) is 0 Å². The van der Waals surface area contributed by atoms with Crippen LogP contribution < -0.4 is 10.6 Å². The number of rotatable bonds is 7. The summed E-state index contributed by atoms with van der Waals surface area (Å²) in [5.41, 5.74) is -0.112. The van der Waals surface area contributed by atoms with Gasteiger partial charge in [0.15, 0.2) is 0 Å². The molecule has 0 bridgehead atoms. The first-order chi connectivity index (χ1) is 9.70. The molecule has 21 heavy (non-hydrogen) atoms. The van der Waals surface area contributed by atoms with Crippen LogP contribution in [-0.2, 0) is 14.3 Å². The summed E-state index contributed by atoms with van der Waals surface area (Å²) >= 11 is 0. The molecule has 0 heterocycles. The molecule has 7 heteroatoms. The minimum absolute atomic E-state index is 0.0106. The van der Waals surface area contributed by atoms with Crippen LogP contribution in [0.25, 0.3) is 0 Å². The van der Waals surface area contributed by atoms with Crippen molar-refractivity contribution in [3.8, 4) is 0 Å². The van der Waals surface area contributed by atoms with Crippen molar-refractivity contribution < 1.29 is 24.2 Å². The van der Waals surface area contributed by atoms with E-state index in [4.69, 9.17) is 9.84 Å². The smallest absolute Gasteiger partial charge is 0.331 e. The molecule has 0 saturated heterocycles. The molecule has 7 nitrogen and oxygen atoms in total. The van der Waals surface area contributed by atoms with Gasteiger partial charge in [-0.25, -0.2) is 9.59 Å². The van der Waals surface area contributed by atoms with Gasteiger partial charge in [0.1, 0.15) is 0 Å². The van der Waals surface area contributed by atoms with E-state index in [1.165, 1.54) is 13.8 Å². The maximum atomic E-state index is 11.8. The minimum Gasteiger partial charge on any atom is -0.478 e. The number of carboxylic acids is 1. The Balaban J connectivity index is 4.64. The summed E-state index contributed by atoms with van der Waals surface area (Å²) in [6.07, 6.45) is 0. The average Bonchev–Trinajstić information content (AvgIpc) is 2.40. The maximum absolute atomic E-state index is 11.8. The van der Waals surface area contributed by atoms with Crippen LogP contribution in [0, 0.1) is 5.92 Å². The van der Waals surface area contributed by atoms with Crippen LogP contribution in [0.1, 0.15) is 34.6 Å². The average molecular weight is 300 g/mol. The van der Waals surface area contributed by atoms with E-state index in [1.54, 1.807) is 0 Å². The normalized spacial score (nSPS) is 13.4. The molecular formula is C14H24N2O5. The van der Waals surface area contributed by atoms with Crippen molar-refractivity contribution in [3.63, 3.8) is 0 Å². The van der Waals surface area contributed by atoms with Crippen molar-refractivity contribution in [2.75, 3.05) is 13.2 Å². The van der Waals surface area contributed by atoms with E-state index in [0.717, 1.165) is 0 Å². The molecule has 0 fully saturated rings. The minimum atomic E-state index is -1.19. The van der Waals surface area contributed by atoms with Crippen molar-refractivity contribution in [1.82, 2.24) is 10.6 Å². The van der Waals surface area contributed by atoms with Gasteiger partial charge in [0.05, 0.1) is 12.6 Å². The Morgan fingerprint density at radius 1 is 1.14 bits per heavy atom. The highest BCUT2D eigenvalue weighted by Gasteiger charge is 2.19.